The van der Waals surface area contributed by atoms with Crippen LogP contribution >= 0.6 is 27.5 Å². The zero-order chi connectivity index (χ0) is 14.2. The van der Waals surface area contributed by atoms with Crippen LogP contribution in [-0.4, -0.2) is 0 Å². The molecule has 0 radical (unpaired) electrons. The van der Waals surface area contributed by atoms with Crippen LogP contribution in [0, 0.1) is 24.4 Å². The van der Waals surface area contributed by atoms with Gasteiger partial charge in [0.2, 0.25) is 0 Å². The predicted molar refractivity (Wildman–Crippen MR) is 73.3 cm³/mol. The van der Waals surface area contributed by atoms with Gasteiger partial charge < -0.3 is 0 Å². The highest BCUT2D eigenvalue weighted by Gasteiger charge is 2.18. The van der Waals surface area contributed by atoms with Crippen molar-refractivity contribution in [3.63, 3.8) is 0 Å². The summed E-state index contributed by atoms with van der Waals surface area (Å²) in [5.74, 6) is -3.08. The van der Waals surface area contributed by atoms with Crippen LogP contribution in [0.2, 0.25) is 5.02 Å². The Morgan fingerprint density at radius 2 is 1.63 bits per heavy atom. The highest BCUT2D eigenvalue weighted by Crippen LogP contribution is 2.34. The number of rotatable bonds is 2. The molecular formula is C14H9BrClF3. The lowest BCUT2D eigenvalue weighted by molar-refractivity contribution is 0.491. The molecule has 0 fully saturated rings. The summed E-state index contributed by atoms with van der Waals surface area (Å²) in [6.45, 7) is 1.81. The molecule has 0 saturated heterocycles. The fourth-order valence-corrected chi connectivity index (χ4v) is 2.49. The lowest BCUT2D eigenvalue weighted by atomic mass is 10.0. The summed E-state index contributed by atoms with van der Waals surface area (Å²) in [6, 6.07) is 6.55. The molecule has 0 aliphatic rings. The van der Waals surface area contributed by atoms with E-state index in [0.29, 0.717) is 16.7 Å². The molecule has 2 rings (SSSR count). The third-order valence-corrected chi connectivity index (χ3v) is 4.23. The lowest BCUT2D eigenvalue weighted by Crippen LogP contribution is -2.00. The van der Waals surface area contributed by atoms with Crippen molar-refractivity contribution in [2.75, 3.05) is 0 Å². The van der Waals surface area contributed by atoms with Crippen LogP contribution in [-0.2, 0) is 0 Å². The molecule has 0 heterocycles. The fraction of sp³-hybridized carbons (Fsp3) is 0.143. The minimum Gasteiger partial charge on any atom is -0.207 e. The molecule has 2 aromatic carbocycles. The van der Waals surface area contributed by atoms with Crippen LogP contribution in [0.4, 0.5) is 13.2 Å². The van der Waals surface area contributed by atoms with E-state index >= 15 is 0 Å². The van der Waals surface area contributed by atoms with Crippen LogP contribution in [0.5, 0.6) is 0 Å². The molecule has 1 atom stereocenters. The van der Waals surface area contributed by atoms with Crippen molar-refractivity contribution in [3.05, 3.63) is 69.5 Å². The summed E-state index contributed by atoms with van der Waals surface area (Å²) in [5.41, 5.74) is 1.58. The van der Waals surface area contributed by atoms with Gasteiger partial charge in [-0.05, 0) is 30.2 Å². The topological polar surface area (TPSA) is 0 Å². The van der Waals surface area contributed by atoms with Gasteiger partial charge in [0, 0.05) is 16.7 Å². The van der Waals surface area contributed by atoms with Crippen LogP contribution in [0.3, 0.4) is 0 Å². The fourth-order valence-electron chi connectivity index (χ4n) is 1.74. The van der Waals surface area contributed by atoms with Gasteiger partial charge in [-0.25, -0.2) is 13.2 Å². The number of benzene rings is 2. The van der Waals surface area contributed by atoms with Gasteiger partial charge in [-0.15, -0.1) is 0 Å². The number of halogens is 5. The maximum Gasteiger partial charge on any atom is 0.161 e. The average molecular weight is 350 g/mol. The second-order valence-corrected chi connectivity index (χ2v) is 5.48. The molecule has 100 valence electrons. The van der Waals surface area contributed by atoms with Crippen molar-refractivity contribution >= 4 is 27.5 Å². The zero-order valence-electron chi connectivity index (χ0n) is 9.85. The third kappa shape index (κ3) is 2.95. The minimum atomic E-state index is -1.20. The predicted octanol–water partition coefficient (Wildman–Crippen LogP) is 5.55. The molecule has 0 aliphatic heterocycles. The number of hydrogen-bond donors (Lipinski definition) is 0. The SMILES string of the molecule is Cc1cc(C(Br)c2cc(F)c(F)cc2F)ccc1Cl. The van der Waals surface area contributed by atoms with Crippen LogP contribution in [0.25, 0.3) is 0 Å². The second kappa shape index (κ2) is 5.55. The Morgan fingerprint density at radius 3 is 2.26 bits per heavy atom. The largest absolute Gasteiger partial charge is 0.207 e. The van der Waals surface area contributed by atoms with Gasteiger partial charge >= 0.3 is 0 Å². The number of alkyl halides is 1. The van der Waals surface area contributed by atoms with Crippen molar-refractivity contribution < 1.29 is 13.2 Å². The normalized spacial score (nSPS) is 12.5. The summed E-state index contributed by atoms with van der Waals surface area (Å²) in [6.07, 6.45) is 0. The summed E-state index contributed by atoms with van der Waals surface area (Å²) in [4.78, 5) is -0.571. The minimum absolute atomic E-state index is 0.0422. The van der Waals surface area contributed by atoms with Crippen LogP contribution in [0.15, 0.2) is 30.3 Å². The van der Waals surface area contributed by atoms with Crippen molar-refractivity contribution in [1.29, 1.82) is 0 Å². The Balaban J connectivity index is 2.46. The summed E-state index contributed by atoms with van der Waals surface area (Å²) in [5, 5.41) is 0.592. The van der Waals surface area contributed by atoms with E-state index in [4.69, 9.17) is 11.6 Å². The number of aryl methyl sites for hydroxylation is 1. The lowest BCUT2D eigenvalue weighted by Gasteiger charge is -2.13. The van der Waals surface area contributed by atoms with Crippen LogP contribution < -0.4 is 0 Å². The maximum atomic E-state index is 13.7. The molecule has 5 heteroatoms. The van der Waals surface area contributed by atoms with Gasteiger partial charge in [-0.2, -0.15) is 0 Å². The molecule has 1 unspecified atom stereocenters. The van der Waals surface area contributed by atoms with Crippen molar-refractivity contribution in [1.82, 2.24) is 0 Å². The highest BCUT2D eigenvalue weighted by molar-refractivity contribution is 9.09. The summed E-state index contributed by atoms with van der Waals surface area (Å²) < 4.78 is 39.8. The van der Waals surface area contributed by atoms with E-state index < -0.39 is 22.3 Å². The molecule has 0 nitrogen and oxygen atoms in total. The van der Waals surface area contributed by atoms with Crippen molar-refractivity contribution in [2.24, 2.45) is 0 Å². The second-order valence-electron chi connectivity index (χ2n) is 4.16. The standard InChI is InChI=1S/C14H9BrClF3/c1-7-4-8(2-3-10(7)16)14(15)9-5-12(18)13(19)6-11(9)17/h2-6,14H,1H3. The van der Waals surface area contributed by atoms with E-state index in [9.17, 15) is 13.2 Å². The van der Waals surface area contributed by atoms with Crippen LogP contribution in [0.1, 0.15) is 21.5 Å². The molecule has 2 aromatic rings. The maximum absolute atomic E-state index is 13.7. The summed E-state index contributed by atoms with van der Waals surface area (Å²) in [7, 11) is 0. The highest BCUT2D eigenvalue weighted by atomic mass is 79.9. The zero-order valence-corrected chi connectivity index (χ0v) is 12.2. The van der Waals surface area contributed by atoms with E-state index in [-0.39, 0.29) is 5.56 Å². The van der Waals surface area contributed by atoms with Crippen molar-refractivity contribution in [2.45, 2.75) is 11.8 Å². The molecule has 0 amide bonds. The molecule has 0 aliphatic carbocycles. The first-order chi connectivity index (χ1) is 8.90. The summed E-state index contributed by atoms with van der Waals surface area (Å²) >= 11 is 9.20. The van der Waals surface area contributed by atoms with Gasteiger partial charge in [0.15, 0.2) is 11.6 Å². The van der Waals surface area contributed by atoms with Gasteiger partial charge in [0.1, 0.15) is 5.82 Å². The number of hydrogen-bond acceptors (Lipinski definition) is 0. The van der Waals surface area contributed by atoms with Gasteiger partial charge in [-0.1, -0.05) is 39.7 Å². The van der Waals surface area contributed by atoms with Gasteiger partial charge in [0.25, 0.3) is 0 Å². The van der Waals surface area contributed by atoms with E-state index in [1.807, 2.05) is 6.92 Å². The van der Waals surface area contributed by atoms with Crippen molar-refractivity contribution in [3.8, 4) is 0 Å². The molecule has 0 aromatic heterocycles. The Labute approximate surface area is 122 Å². The molecule has 0 saturated carbocycles. The molecule has 0 N–H and O–H groups in total. The molecule has 19 heavy (non-hydrogen) atoms. The molecule has 0 bridgehead atoms. The van der Waals surface area contributed by atoms with Gasteiger partial charge in [-0.3, -0.25) is 0 Å². The monoisotopic (exact) mass is 348 g/mol. The third-order valence-electron chi connectivity index (χ3n) is 2.79. The van der Waals surface area contributed by atoms with E-state index in [1.54, 1.807) is 18.2 Å². The van der Waals surface area contributed by atoms with E-state index in [1.165, 1.54) is 0 Å². The Kier molecular flexibility index (Phi) is 4.21. The Morgan fingerprint density at radius 1 is 1.00 bits per heavy atom. The van der Waals surface area contributed by atoms with Gasteiger partial charge in [0.05, 0.1) is 4.83 Å². The Bertz CT molecular complexity index is 628. The molecule has 0 spiro atoms. The first-order valence-corrected chi connectivity index (χ1v) is 6.74. The van der Waals surface area contributed by atoms with E-state index in [2.05, 4.69) is 15.9 Å². The quantitative estimate of drug-likeness (QED) is 0.492. The smallest absolute Gasteiger partial charge is 0.161 e. The molecular weight excluding hydrogens is 341 g/mol. The Hall–Kier alpha value is -1.00. The first-order valence-electron chi connectivity index (χ1n) is 5.44. The first kappa shape index (κ1) is 14.4. The average Bonchev–Trinajstić information content (AvgIpc) is 2.36. The van der Waals surface area contributed by atoms with E-state index in [0.717, 1.165) is 11.6 Å².